The smallest absolute Gasteiger partial charge is 0.241 e. The molecule has 0 bridgehead atoms. The molecule has 1 saturated heterocycles. The Morgan fingerprint density at radius 3 is 2.79 bits per heavy atom. The monoisotopic (exact) mass is 386 g/mol. The summed E-state index contributed by atoms with van der Waals surface area (Å²) in [5.41, 5.74) is 1.13. The predicted octanol–water partition coefficient (Wildman–Crippen LogP) is 3.05. The van der Waals surface area contributed by atoms with Crippen molar-refractivity contribution in [3.8, 4) is 0 Å². The molecule has 28 heavy (non-hydrogen) atoms. The number of likely N-dealkylation sites (tertiary alicyclic amines) is 1. The topological polar surface area (TPSA) is 67.2 Å². The largest absolute Gasteiger partial charge is 0.354 e. The molecule has 2 heterocycles. The zero-order valence-electron chi connectivity index (χ0n) is 17.2. The zero-order valence-corrected chi connectivity index (χ0v) is 17.2. The molecule has 2 aliphatic carbocycles. The summed E-state index contributed by atoms with van der Waals surface area (Å²) in [7, 11) is 0. The van der Waals surface area contributed by atoms with Crippen molar-refractivity contribution in [3.05, 3.63) is 18.0 Å². The minimum Gasteiger partial charge on any atom is -0.354 e. The number of aryl methyl sites for hydroxylation is 1. The average Bonchev–Trinajstić information content (AvgIpc) is 3.30. The van der Waals surface area contributed by atoms with Crippen LogP contribution in [0.15, 0.2) is 12.4 Å². The van der Waals surface area contributed by atoms with E-state index in [9.17, 15) is 9.59 Å². The third-order valence-corrected chi connectivity index (χ3v) is 7.28. The standard InChI is InChI=1S/C22H34N4O2/c1-17-12-24-25(13-17)15-20(27)23-16-22-10-5-8-19(22)26(21(28)9-11-22)14-18-6-3-2-4-7-18/h12-13,18-19H,2-11,14-16H2,1H3,(H,23,27)/t19-,22+/m1/s1. The van der Waals surface area contributed by atoms with E-state index in [1.54, 1.807) is 10.9 Å². The van der Waals surface area contributed by atoms with E-state index in [2.05, 4.69) is 15.3 Å². The van der Waals surface area contributed by atoms with Gasteiger partial charge in [-0.1, -0.05) is 25.7 Å². The summed E-state index contributed by atoms with van der Waals surface area (Å²) in [5, 5.41) is 7.38. The number of carbonyl (C=O) groups is 2. The van der Waals surface area contributed by atoms with Crippen LogP contribution in [0, 0.1) is 18.3 Å². The van der Waals surface area contributed by atoms with E-state index < -0.39 is 0 Å². The van der Waals surface area contributed by atoms with Crippen LogP contribution >= 0.6 is 0 Å². The number of rotatable bonds is 6. The number of aromatic nitrogens is 2. The van der Waals surface area contributed by atoms with E-state index in [0.717, 1.165) is 37.8 Å². The maximum absolute atomic E-state index is 12.8. The van der Waals surface area contributed by atoms with Gasteiger partial charge in [0.05, 0.1) is 6.20 Å². The second-order valence-corrected chi connectivity index (χ2v) is 9.31. The van der Waals surface area contributed by atoms with Crippen molar-refractivity contribution >= 4 is 11.8 Å². The number of hydrogen-bond donors (Lipinski definition) is 1. The van der Waals surface area contributed by atoms with Gasteiger partial charge in [-0.3, -0.25) is 14.3 Å². The molecule has 2 amide bonds. The molecular weight excluding hydrogens is 352 g/mol. The van der Waals surface area contributed by atoms with Crippen LogP contribution in [0.4, 0.5) is 0 Å². The van der Waals surface area contributed by atoms with Crippen LogP contribution in [-0.4, -0.2) is 45.6 Å². The lowest BCUT2D eigenvalue weighted by atomic mass is 9.74. The lowest BCUT2D eigenvalue weighted by Gasteiger charge is -2.47. The van der Waals surface area contributed by atoms with E-state index >= 15 is 0 Å². The van der Waals surface area contributed by atoms with Gasteiger partial charge in [0.15, 0.2) is 0 Å². The molecule has 4 rings (SSSR count). The molecule has 0 aromatic carbocycles. The third kappa shape index (κ3) is 4.11. The van der Waals surface area contributed by atoms with Gasteiger partial charge in [-0.25, -0.2) is 0 Å². The molecule has 3 fully saturated rings. The van der Waals surface area contributed by atoms with Crippen molar-refractivity contribution in [2.75, 3.05) is 13.1 Å². The van der Waals surface area contributed by atoms with Crippen LogP contribution in [0.25, 0.3) is 0 Å². The van der Waals surface area contributed by atoms with Crippen LogP contribution in [0.2, 0.25) is 0 Å². The van der Waals surface area contributed by atoms with Crippen molar-refractivity contribution < 1.29 is 9.59 Å². The Bertz CT molecular complexity index is 709. The summed E-state index contributed by atoms with van der Waals surface area (Å²) in [6, 6.07) is 0.308. The van der Waals surface area contributed by atoms with Gasteiger partial charge in [0, 0.05) is 37.2 Å². The number of hydrogen-bond acceptors (Lipinski definition) is 3. The van der Waals surface area contributed by atoms with Crippen molar-refractivity contribution in [1.29, 1.82) is 0 Å². The van der Waals surface area contributed by atoms with Gasteiger partial charge >= 0.3 is 0 Å². The van der Waals surface area contributed by atoms with Crippen LogP contribution < -0.4 is 5.32 Å². The second-order valence-electron chi connectivity index (χ2n) is 9.31. The Labute approximate surface area is 168 Å². The molecule has 0 unspecified atom stereocenters. The minimum absolute atomic E-state index is 0.0128. The van der Waals surface area contributed by atoms with Gasteiger partial charge in [0.25, 0.3) is 0 Å². The Morgan fingerprint density at radius 1 is 1.21 bits per heavy atom. The lowest BCUT2D eigenvalue weighted by Crippen LogP contribution is -2.57. The number of nitrogens with one attached hydrogen (secondary N) is 1. The highest BCUT2D eigenvalue weighted by molar-refractivity contribution is 5.78. The van der Waals surface area contributed by atoms with Crippen LogP contribution in [0.5, 0.6) is 0 Å². The highest BCUT2D eigenvalue weighted by atomic mass is 16.2. The van der Waals surface area contributed by atoms with Gasteiger partial charge < -0.3 is 10.2 Å². The summed E-state index contributed by atoms with van der Waals surface area (Å²) in [5.74, 6) is 1.03. The van der Waals surface area contributed by atoms with Gasteiger partial charge in [0.1, 0.15) is 6.54 Å². The maximum atomic E-state index is 12.8. The zero-order chi connectivity index (χ0) is 19.6. The van der Waals surface area contributed by atoms with E-state index in [-0.39, 0.29) is 17.9 Å². The van der Waals surface area contributed by atoms with E-state index in [4.69, 9.17) is 0 Å². The Morgan fingerprint density at radius 2 is 2.04 bits per heavy atom. The number of fused-ring (bicyclic) bond motifs is 1. The van der Waals surface area contributed by atoms with Crippen molar-refractivity contribution in [3.63, 3.8) is 0 Å². The number of piperidine rings is 1. The number of amides is 2. The normalized spacial score (nSPS) is 28.4. The molecule has 6 nitrogen and oxygen atoms in total. The summed E-state index contributed by atoms with van der Waals surface area (Å²) < 4.78 is 1.69. The summed E-state index contributed by atoms with van der Waals surface area (Å²) in [6.45, 7) is 3.86. The summed E-state index contributed by atoms with van der Waals surface area (Å²) >= 11 is 0. The van der Waals surface area contributed by atoms with E-state index in [1.165, 1.54) is 32.1 Å². The van der Waals surface area contributed by atoms with Crippen LogP contribution in [0.1, 0.15) is 69.8 Å². The van der Waals surface area contributed by atoms with Gasteiger partial charge in [-0.05, 0) is 50.5 Å². The van der Waals surface area contributed by atoms with E-state index in [1.807, 2.05) is 13.1 Å². The molecule has 1 N–H and O–H groups in total. The van der Waals surface area contributed by atoms with Crippen LogP contribution in [0.3, 0.4) is 0 Å². The fraction of sp³-hybridized carbons (Fsp3) is 0.773. The molecule has 0 spiro atoms. The highest BCUT2D eigenvalue weighted by Gasteiger charge is 2.50. The minimum atomic E-state index is 0.0128. The number of carbonyl (C=O) groups excluding carboxylic acids is 2. The van der Waals surface area contributed by atoms with Crippen LogP contribution in [-0.2, 0) is 16.1 Å². The molecular formula is C22H34N4O2. The molecule has 2 saturated carbocycles. The van der Waals surface area contributed by atoms with E-state index in [0.29, 0.717) is 30.8 Å². The van der Waals surface area contributed by atoms with Gasteiger partial charge in [0.2, 0.25) is 11.8 Å². The SMILES string of the molecule is Cc1cnn(CC(=O)NC[C@@]23CCC[C@H]2N(CC2CCCCC2)C(=O)CC3)c1. The van der Waals surface area contributed by atoms with Crippen molar-refractivity contribution in [1.82, 2.24) is 20.0 Å². The molecule has 6 heteroatoms. The highest BCUT2D eigenvalue weighted by Crippen LogP contribution is 2.48. The number of nitrogens with zero attached hydrogens (tertiary/aromatic N) is 3. The first-order chi connectivity index (χ1) is 13.6. The fourth-order valence-corrected chi connectivity index (χ4v) is 5.77. The fourth-order valence-electron chi connectivity index (χ4n) is 5.77. The summed E-state index contributed by atoms with van der Waals surface area (Å²) in [4.78, 5) is 27.4. The molecule has 1 aromatic rings. The first kappa shape index (κ1) is 19.5. The maximum Gasteiger partial charge on any atom is 0.241 e. The van der Waals surface area contributed by atoms with Gasteiger partial charge in [-0.2, -0.15) is 5.10 Å². The second kappa shape index (κ2) is 8.26. The molecule has 3 aliphatic rings. The summed E-state index contributed by atoms with van der Waals surface area (Å²) in [6.07, 6.45) is 15.1. The molecule has 0 radical (unpaired) electrons. The predicted molar refractivity (Wildman–Crippen MR) is 108 cm³/mol. The third-order valence-electron chi connectivity index (χ3n) is 7.28. The molecule has 1 aliphatic heterocycles. The average molecular weight is 387 g/mol. The lowest BCUT2D eigenvalue weighted by molar-refractivity contribution is -0.143. The Kier molecular flexibility index (Phi) is 5.74. The Hall–Kier alpha value is -1.85. The molecule has 1 aromatic heterocycles. The molecule has 154 valence electrons. The Balaban J connectivity index is 1.38. The quantitative estimate of drug-likeness (QED) is 0.817. The first-order valence-corrected chi connectivity index (χ1v) is 11.1. The van der Waals surface area contributed by atoms with Crippen molar-refractivity contribution in [2.45, 2.75) is 83.7 Å². The van der Waals surface area contributed by atoms with Gasteiger partial charge in [-0.15, -0.1) is 0 Å². The molecule has 2 atom stereocenters. The van der Waals surface area contributed by atoms with Crippen molar-refractivity contribution in [2.24, 2.45) is 11.3 Å². The first-order valence-electron chi connectivity index (χ1n) is 11.1.